The molecule has 0 rings (SSSR count). The maximum absolute atomic E-state index is 11.7. The molecule has 0 aliphatic carbocycles. The minimum atomic E-state index is -3.54. The fourth-order valence-corrected chi connectivity index (χ4v) is 2.03. The minimum Gasteiger partial charge on any atom is -0.396 e. The number of aliphatic hydroxyl groups excluding tert-OH is 1. The molecule has 0 aromatic rings. The standard InChI is InChI=1S/C7H18NO5P/c1-3-11-14(10,12-4-2)13-7(8)5-6-9/h7,9H,3-6,8H2,1-2H3. The van der Waals surface area contributed by atoms with Gasteiger partial charge < -0.3 is 10.8 Å². The summed E-state index contributed by atoms with van der Waals surface area (Å²) in [6.07, 6.45) is -0.659. The van der Waals surface area contributed by atoms with E-state index in [0.29, 0.717) is 0 Å². The summed E-state index contributed by atoms with van der Waals surface area (Å²) in [5.74, 6) is 0. The molecule has 0 aliphatic rings. The predicted molar refractivity (Wildman–Crippen MR) is 51.6 cm³/mol. The number of phosphoric acid groups is 1. The molecule has 1 unspecified atom stereocenters. The molecular formula is C7H18NO5P. The average molecular weight is 227 g/mol. The molecule has 0 fully saturated rings. The van der Waals surface area contributed by atoms with Gasteiger partial charge in [0.25, 0.3) is 0 Å². The lowest BCUT2D eigenvalue weighted by Crippen LogP contribution is -2.24. The number of hydrogen-bond acceptors (Lipinski definition) is 6. The third kappa shape index (κ3) is 5.70. The van der Waals surface area contributed by atoms with Gasteiger partial charge in [0, 0.05) is 13.0 Å². The van der Waals surface area contributed by atoms with E-state index in [1.807, 2.05) is 0 Å². The lowest BCUT2D eigenvalue weighted by molar-refractivity contribution is 0.0737. The van der Waals surface area contributed by atoms with Gasteiger partial charge in [-0.05, 0) is 13.8 Å². The Bertz CT molecular complexity index is 179. The van der Waals surface area contributed by atoms with Crippen LogP contribution in [0.5, 0.6) is 0 Å². The van der Waals surface area contributed by atoms with Crippen LogP contribution in [0.15, 0.2) is 0 Å². The van der Waals surface area contributed by atoms with Gasteiger partial charge in [-0.3, -0.25) is 13.6 Å². The highest BCUT2D eigenvalue weighted by Gasteiger charge is 2.28. The lowest BCUT2D eigenvalue weighted by Gasteiger charge is -2.19. The summed E-state index contributed by atoms with van der Waals surface area (Å²) in [6.45, 7) is 3.63. The minimum absolute atomic E-state index is 0.139. The molecule has 6 nitrogen and oxygen atoms in total. The maximum Gasteiger partial charge on any atom is 0.476 e. The first-order valence-corrected chi connectivity index (χ1v) is 5.98. The van der Waals surface area contributed by atoms with E-state index in [0.717, 1.165) is 0 Å². The molecule has 0 aromatic heterocycles. The van der Waals surface area contributed by atoms with Crippen LogP contribution in [-0.4, -0.2) is 31.2 Å². The van der Waals surface area contributed by atoms with E-state index in [-0.39, 0.29) is 26.2 Å². The fourth-order valence-electron chi connectivity index (χ4n) is 0.760. The smallest absolute Gasteiger partial charge is 0.396 e. The molecule has 0 radical (unpaired) electrons. The van der Waals surface area contributed by atoms with Gasteiger partial charge in [0.2, 0.25) is 0 Å². The van der Waals surface area contributed by atoms with Crippen LogP contribution in [0.25, 0.3) is 0 Å². The van der Waals surface area contributed by atoms with Crippen molar-refractivity contribution in [1.82, 2.24) is 0 Å². The fraction of sp³-hybridized carbons (Fsp3) is 1.00. The molecule has 0 aliphatic heterocycles. The topological polar surface area (TPSA) is 91.0 Å². The summed E-state index contributed by atoms with van der Waals surface area (Å²) in [6, 6.07) is 0. The Morgan fingerprint density at radius 1 is 1.36 bits per heavy atom. The Labute approximate surface area is 84.0 Å². The summed E-state index contributed by atoms with van der Waals surface area (Å²) in [5.41, 5.74) is 5.42. The maximum atomic E-state index is 11.7. The van der Waals surface area contributed by atoms with Crippen molar-refractivity contribution in [3.05, 3.63) is 0 Å². The van der Waals surface area contributed by atoms with Crippen molar-refractivity contribution in [3.8, 4) is 0 Å². The highest BCUT2D eigenvalue weighted by Crippen LogP contribution is 2.49. The summed E-state index contributed by atoms with van der Waals surface area (Å²) >= 11 is 0. The number of phosphoric ester groups is 1. The zero-order chi connectivity index (χ0) is 11.0. The highest BCUT2D eigenvalue weighted by molar-refractivity contribution is 7.48. The van der Waals surface area contributed by atoms with Crippen LogP contribution in [0.2, 0.25) is 0 Å². The Morgan fingerprint density at radius 2 is 1.86 bits per heavy atom. The van der Waals surface area contributed by atoms with Crippen molar-refractivity contribution in [3.63, 3.8) is 0 Å². The van der Waals surface area contributed by atoms with Crippen molar-refractivity contribution in [2.45, 2.75) is 26.5 Å². The normalized spacial score (nSPS) is 14.3. The van der Waals surface area contributed by atoms with Crippen LogP contribution in [0.3, 0.4) is 0 Å². The van der Waals surface area contributed by atoms with Crippen molar-refractivity contribution in [2.75, 3.05) is 19.8 Å². The van der Waals surface area contributed by atoms with E-state index in [2.05, 4.69) is 0 Å². The van der Waals surface area contributed by atoms with E-state index >= 15 is 0 Å². The Kier molecular flexibility index (Phi) is 7.35. The zero-order valence-corrected chi connectivity index (χ0v) is 9.40. The summed E-state index contributed by atoms with van der Waals surface area (Å²) in [4.78, 5) is 0. The molecule has 86 valence electrons. The van der Waals surface area contributed by atoms with E-state index in [9.17, 15) is 4.57 Å². The second kappa shape index (κ2) is 7.34. The van der Waals surface area contributed by atoms with Gasteiger partial charge >= 0.3 is 7.82 Å². The molecule has 0 heterocycles. The molecule has 0 saturated heterocycles. The Balaban J connectivity index is 4.13. The summed E-state index contributed by atoms with van der Waals surface area (Å²) < 4.78 is 26.2. The van der Waals surface area contributed by atoms with Gasteiger partial charge in [-0.15, -0.1) is 0 Å². The Morgan fingerprint density at radius 3 is 2.21 bits per heavy atom. The number of nitrogens with two attached hydrogens (primary N) is 1. The quantitative estimate of drug-likeness (QED) is 0.472. The SMILES string of the molecule is CCOP(=O)(OCC)OC(N)CCO. The zero-order valence-electron chi connectivity index (χ0n) is 8.51. The van der Waals surface area contributed by atoms with Crippen LogP contribution in [0.4, 0.5) is 0 Å². The van der Waals surface area contributed by atoms with Gasteiger partial charge in [0.15, 0.2) is 0 Å². The van der Waals surface area contributed by atoms with Crippen molar-refractivity contribution < 1.29 is 23.2 Å². The average Bonchev–Trinajstić information content (AvgIpc) is 2.04. The van der Waals surface area contributed by atoms with Gasteiger partial charge in [0.1, 0.15) is 6.23 Å². The molecule has 0 bridgehead atoms. The van der Waals surface area contributed by atoms with E-state index in [1.165, 1.54) is 0 Å². The molecule has 0 spiro atoms. The van der Waals surface area contributed by atoms with Crippen molar-refractivity contribution in [2.24, 2.45) is 5.73 Å². The lowest BCUT2D eigenvalue weighted by atomic mass is 10.4. The molecule has 1 atom stereocenters. The molecule has 0 saturated carbocycles. The summed E-state index contributed by atoms with van der Waals surface area (Å²) in [5, 5.41) is 8.56. The van der Waals surface area contributed by atoms with E-state index in [1.54, 1.807) is 13.8 Å². The van der Waals surface area contributed by atoms with E-state index < -0.39 is 14.1 Å². The highest BCUT2D eigenvalue weighted by atomic mass is 31.2. The van der Waals surface area contributed by atoms with E-state index in [4.69, 9.17) is 24.4 Å². The van der Waals surface area contributed by atoms with Gasteiger partial charge in [-0.2, -0.15) is 0 Å². The summed E-state index contributed by atoms with van der Waals surface area (Å²) in [7, 11) is -3.54. The van der Waals surface area contributed by atoms with Gasteiger partial charge in [-0.1, -0.05) is 0 Å². The monoisotopic (exact) mass is 227 g/mol. The third-order valence-corrected chi connectivity index (χ3v) is 2.93. The third-order valence-electron chi connectivity index (χ3n) is 1.25. The van der Waals surface area contributed by atoms with Crippen LogP contribution in [0, 0.1) is 0 Å². The molecule has 7 heteroatoms. The van der Waals surface area contributed by atoms with Crippen molar-refractivity contribution in [1.29, 1.82) is 0 Å². The van der Waals surface area contributed by atoms with Crippen molar-refractivity contribution >= 4 is 7.82 Å². The van der Waals surface area contributed by atoms with Gasteiger partial charge in [0.05, 0.1) is 13.2 Å². The molecular weight excluding hydrogens is 209 g/mol. The Hall–Kier alpha value is 0.0300. The number of aliphatic hydroxyl groups is 1. The largest absolute Gasteiger partial charge is 0.476 e. The second-order valence-corrected chi connectivity index (χ2v) is 4.06. The number of rotatable bonds is 8. The number of hydrogen-bond donors (Lipinski definition) is 2. The molecule has 3 N–H and O–H groups in total. The first-order valence-electron chi connectivity index (χ1n) is 4.52. The van der Waals surface area contributed by atoms with Gasteiger partial charge in [-0.25, -0.2) is 4.57 Å². The second-order valence-electron chi connectivity index (χ2n) is 2.44. The van der Waals surface area contributed by atoms with Crippen LogP contribution >= 0.6 is 7.82 Å². The molecule has 0 aromatic carbocycles. The molecule has 0 amide bonds. The van der Waals surface area contributed by atoms with Crippen LogP contribution < -0.4 is 5.73 Å². The predicted octanol–water partition coefficient (Wildman–Crippen LogP) is 0.851. The first kappa shape index (κ1) is 14.0. The first-order chi connectivity index (χ1) is 6.58. The van der Waals surface area contributed by atoms with Crippen LogP contribution in [0.1, 0.15) is 20.3 Å². The van der Waals surface area contributed by atoms with Crippen LogP contribution in [-0.2, 0) is 18.1 Å². The molecule has 14 heavy (non-hydrogen) atoms.